The Morgan fingerprint density at radius 2 is 1.75 bits per heavy atom. The fraction of sp³-hybridized carbons (Fsp3) is 0.316. The monoisotopic (exact) mass is 346 g/mol. The summed E-state index contributed by atoms with van der Waals surface area (Å²) in [4.78, 5) is 12.1. The van der Waals surface area contributed by atoms with Gasteiger partial charge in [-0.25, -0.2) is 4.79 Å². The number of halogens is 1. The normalized spacial score (nSPS) is 12.5. The van der Waals surface area contributed by atoms with Crippen LogP contribution in [0.3, 0.4) is 0 Å². The van der Waals surface area contributed by atoms with Crippen LogP contribution in [0.1, 0.15) is 38.0 Å². The SMILES string of the molecule is CC(C)(C)c1ccccc1NC(=O)NCC(O)c1ccc(Cl)cc1. The van der Waals surface area contributed by atoms with Gasteiger partial charge in [0.05, 0.1) is 6.10 Å². The Morgan fingerprint density at radius 1 is 1.12 bits per heavy atom. The molecule has 0 spiro atoms. The van der Waals surface area contributed by atoms with E-state index in [0.29, 0.717) is 10.6 Å². The van der Waals surface area contributed by atoms with Crippen LogP contribution in [0.5, 0.6) is 0 Å². The molecule has 0 saturated carbocycles. The summed E-state index contributed by atoms with van der Waals surface area (Å²) in [5, 5.41) is 16.3. The van der Waals surface area contributed by atoms with Gasteiger partial charge in [0.15, 0.2) is 0 Å². The number of anilines is 1. The average Bonchev–Trinajstić information content (AvgIpc) is 2.53. The summed E-state index contributed by atoms with van der Waals surface area (Å²) in [6.45, 7) is 6.40. The first-order chi connectivity index (χ1) is 11.3. The molecule has 128 valence electrons. The van der Waals surface area contributed by atoms with Gasteiger partial charge >= 0.3 is 6.03 Å². The van der Waals surface area contributed by atoms with E-state index >= 15 is 0 Å². The molecule has 2 rings (SSSR count). The molecule has 0 fully saturated rings. The van der Waals surface area contributed by atoms with Gasteiger partial charge < -0.3 is 15.7 Å². The van der Waals surface area contributed by atoms with Crippen LogP contribution in [-0.2, 0) is 5.41 Å². The molecule has 1 unspecified atom stereocenters. The maximum absolute atomic E-state index is 12.1. The number of para-hydroxylation sites is 1. The van der Waals surface area contributed by atoms with E-state index < -0.39 is 6.10 Å². The molecule has 0 aliphatic rings. The predicted molar refractivity (Wildman–Crippen MR) is 98.6 cm³/mol. The van der Waals surface area contributed by atoms with Crippen molar-refractivity contribution in [2.24, 2.45) is 0 Å². The standard InChI is InChI=1S/C19H23ClN2O2/c1-19(2,3)15-6-4-5-7-16(15)22-18(24)21-12-17(23)13-8-10-14(20)11-9-13/h4-11,17,23H,12H2,1-3H3,(H2,21,22,24). The molecular formula is C19H23ClN2O2. The van der Waals surface area contributed by atoms with Gasteiger partial charge in [0.1, 0.15) is 0 Å². The highest BCUT2D eigenvalue weighted by Gasteiger charge is 2.18. The van der Waals surface area contributed by atoms with Crippen LogP contribution in [-0.4, -0.2) is 17.7 Å². The molecule has 0 bridgehead atoms. The number of carbonyl (C=O) groups is 1. The molecule has 5 heteroatoms. The number of rotatable bonds is 4. The van der Waals surface area contributed by atoms with E-state index in [4.69, 9.17) is 11.6 Å². The van der Waals surface area contributed by atoms with Gasteiger partial charge in [-0.2, -0.15) is 0 Å². The van der Waals surface area contributed by atoms with Crippen molar-refractivity contribution in [1.29, 1.82) is 0 Å². The number of aliphatic hydroxyl groups is 1. The molecule has 1 atom stereocenters. The van der Waals surface area contributed by atoms with Crippen molar-refractivity contribution >= 4 is 23.3 Å². The van der Waals surface area contributed by atoms with E-state index in [9.17, 15) is 9.90 Å². The zero-order chi connectivity index (χ0) is 17.7. The summed E-state index contributed by atoms with van der Waals surface area (Å²) in [5.74, 6) is 0. The molecule has 0 aromatic heterocycles. The van der Waals surface area contributed by atoms with E-state index in [0.717, 1.165) is 11.3 Å². The van der Waals surface area contributed by atoms with E-state index in [1.807, 2.05) is 24.3 Å². The fourth-order valence-corrected chi connectivity index (χ4v) is 2.53. The van der Waals surface area contributed by atoms with Gasteiger partial charge in [0.2, 0.25) is 0 Å². The molecular weight excluding hydrogens is 324 g/mol. The average molecular weight is 347 g/mol. The highest BCUT2D eigenvalue weighted by atomic mass is 35.5. The second kappa shape index (κ2) is 7.69. The lowest BCUT2D eigenvalue weighted by Gasteiger charge is -2.23. The van der Waals surface area contributed by atoms with E-state index in [1.165, 1.54) is 0 Å². The third-order valence-corrected chi connectivity index (χ3v) is 3.95. The Labute approximate surface area is 147 Å². The molecule has 0 radical (unpaired) electrons. The summed E-state index contributed by atoms with van der Waals surface area (Å²) >= 11 is 5.82. The van der Waals surface area contributed by atoms with E-state index in [2.05, 4.69) is 31.4 Å². The Hall–Kier alpha value is -2.04. The number of nitrogens with one attached hydrogen (secondary N) is 2. The Balaban J connectivity index is 1.96. The predicted octanol–water partition coefficient (Wildman–Crippen LogP) is 4.49. The molecule has 0 saturated heterocycles. The van der Waals surface area contributed by atoms with Crippen LogP contribution < -0.4 is 10.6 Å². The van der Waals surface area contributed by atoms with Crippen LogP contribution >= 0.6 is 11.6 Å². The van der Waals surface area contributed by atoms with Crippen LogP contribution in [0.25, 0.3) is 0 Å². The van der Waals surface area contributed by atoms with Crippen LogP contribution in [0.4, 0.5) is 10.5 Å². The Kier molecular flexibility index (Phi) is 5.86. The third kappa shape index (κ3) is 4.98. The molecule has 24 heavy (non-hydrogen) atoms. The van der Waals surface area contributed by atoms with Gasteiger partial charge in [0.25, 0.3) is 0 Å². The zero-order valence-electron chi connectivity index (χ0n) is 14.1. The van der Waals surface area contributed by atoms with Gasteiger partial charge in [-0.15, -0.1) is 0 Å². The van der Waals surface area contributed by atoms with Crippen LogP contribution in [0.15, 0.2) is 48.5 Å². The molecule has 0 aliphatic carbocycles. The topological polar surface area (TPSA) is 61.4 Å². The Bertz CT molecular complexity index is 693. The third-order valence-electron chi connectivity index (χ3n) is 3.69. The second-order valence-electron chi connectivity index (χ2n) is 6.70. The molecule has 0 heterocycles. The first kappa shape index (κ1) is 18.3. The largest absolute Gasteiger partial charge is 0.387 e. The molecule has 2 aromatic rings. The molecule has 4 nitrogen and oxygen atoms in total. The molecule has 2 aromatic carbocycles. The maximum Gasteiger partial charge on any atom is 0.319 e. The van der Waals surface area contributed by atoms with Crippen LogP contribution in [0.2, 0.25) is 5.02 Å². The first-order valence-electron chi connectivity index (χ1n) is 7.85. The van der Waals surface area contributed by atoms with Crippen molar-refractivity contribution in [3.63, 3.8) is 0 Å². The number of amides is 2. The minimum Gasteiger partial charge on any atom is -0.387 e. The van der Waals surface area contributed by atoms with Crippen molar-refractivity contribution in [2.75, 3.05) is 11.9 Å². The summed E-state index contributed by atoms with van der Waals surface area (Å²) in [6.07, 6.45) is -0.786. The minimum atomic E-state index is -0.786. The van der Waals surface area contributed by atoms with Crippen LogP contribution in [0, 0.1) is 0 Å². The number of carbonyl (C=O) groups excluding carboxylic acids is 1. The van der Waals surface area contributed by atoms with E-state index in [-0.39, 0.29) is 18.0 Å². The summed E-state index contributed by atoms with van der Waals surface area (Å²) in [5.41, 5.74) is 2.45. The highest BCUT2D eigenvalue weighted by molar-refractivity contribution is 6.30. The lowest BCUT2D eigenvalue weighted by molar-refractivity contribution is 0.175. The summed E-state index contributed by atoms with van der Waals surface area (Å²) < 4.78 is 0. The highest BCUT2D eigenvalue weighted by Crippen LogP contribution is 2.29. The smallest absolute Gasteiger partial charge is 0.319 e. The lowest BCUT2D eigenvalue weighted by Crippen LogP contribution is -2.33. The number of benzene rings is 2. The van der Waals surface area contributed by atoms with Gasteiger partial charge in [-0.05, 0) is 34.7 Å². The van der Waals surface area contributed by atoms with Crippen molar-refractivity contribution in [3.05, 3.63) is 64.7 Å². The molecule has 0 aliphatic heterocycles. The minimum absolute atomic E-state index is 0.0767. The van der Waals surface area contributed by atoms with Gasteiger partial charge in [-0.1, -0.05) is 62.7 Å². The van der Waals surface area contributed by atoms with E-state index in [1.54, 1.807) is 24.3 Å². The number of aliphatic hydroxyl groups excluding tert-OH is 1. The van der Waals surface area contributed by atoms with Crippen molar-refractivity contribution in [2.45, 2.75) is 32.3 Å². The number of hydrogen-bond donors (Lipinski definition) is 3. The molecule has 3 N–H and O–H groups in total. The molecule has 2 amide bonds. The lowest BCUT2D eigenvalue weighted by atomic mass is 9.86. The summed E-state index contributed by atoms with van der Waals surface area (Å²) in [6, 6.07) is 14.2. The fourth-order valence-electron chi connectivity index (χ4n) is 2.40. The first-order valence-corrected chi connectivity index (χ1v) is 8.23. The maximum atomic E-state index is 12.1. The second-order valence-corrected chi connectivity index (χ2v) is 7.13. The quantitative estimate of drug-likeness (QED) is 0.763. The zero-order valence-corrected chi connectivity index (χ0v) is 14.9. The number of urea groups is 1. The van der Waals surface area contributed by atoms with Crippen molar-refractivity contribution in [1.82, 2.24) is 5.32 Å². The van der Waals surface area contributed by atoms with Gasteiger partial charge in [0, 0.05) is 17.3 Å². The van der Waals surface area contributed by atoms with Crippen molar-refractivity contribution < 1.29 is 9.90 Å². The van der Waals surface area contributed by atoms with Gasteiger partial charge in [-0.3, -0.25) is 0 Å². The van der Waals surface area contributed by atoms with Crippen molar-refractivity contribution in [3.8, 4) is 0 Å². The number of hydrogen-bond acceptors (Lipinski definition) is 2. The summed E-state index contributed by atoms with van der Waals surface area (Å²) in [7, 11) is 0. The Morgan fingerprint density at radius 3 is 2.38 bits per heavy atom.